The van der Waals surface area contributed by atoms with Gasteiger partial charge in [0.25, 0.3) is 17.7 Å². The monoisotopic (exact) mass is 611 g/mol. The van der Waals surface area contributed by atoms with Crippen molar-refractivity contribution in [3.8, 4) is 0 Å². The van der Waals surface area contributed by atoms with E-state index in [1.165, 1.54) is 23.2 Å². The number of ketones is 2. The molecule has 0 bridgehead atoms. The summed E-state index contributed by atoms with van der Waals surface area (Å²) in [6, 6.07) is 13.9. The van der Waals surface area contributed by atoms with Gasteiger partial charge >= 0.3 is 6.03 Å². The number of Topliss-reactive ketones (excluding diaryl/α,β-unsaturated/α-hetero) is 2. The summed E-state index contributed by atoms with van der Waals surface area (Å²) < 4.78 is 0. The summed E-state index contributed by atoms with van der Waals surface area (Å²) in [7, 11) is 0. The number of amides is 6. The number of rotatable bonds is 6. The number of imide groups is 4. The number of nitrogens with zero attached hydrogens (tertiary/aromatic N) is 4. The Morgan fingerprint density at radius 3 is 2.02 bits per heavy atom. The van der Waals surface area contributed by atoms with Crippen LogP contribution < -0.4 is 5.32 Å². The second-order valence-corrected chi connectivity index (χ2v) is 11.6. The minimum absolute atomic E-state index is 0.0331. The van der Waals surface area contributed by atoms with Crippen LogP contribution in [0.5, 0.6) is 0 Å². The van der Waals surface area contributed by atoms with Crippen LogP contribution in [0.3, 0.4) is 0 Å². The summed E-state index contributed by atoms with van der Waals surface area (Å²) in [6.07, 6.45) is 1.91. The van der Waals surface area contributed by atoms with Crippen LogP contribution in [0.4, 0.5) is 4.79 Å². The fourth-order valence-corrected chi connectivity index (χ4v) is 6.42. The van der Waals surface area contributed by atoms with E-state index in [1.807, 2.05) is 30.3 Å². The highest BCUT2D eigenvalue weighted by Gasteiger charge is 2.49. The minimum Gasteiger partial charge on any atom is -0.389 e. The van der Waals surface area contributed by atoms with E-state index in [4.69, 9.17) is 0 Å². The molecule has 6 amide bonds. The smallest absolute Gasteiger partial charge is 0.333 e. The summed E-state index contributed by atoms with van der Waals surface area (Å²) in [5, 5.41) is 3.08. The molecule has 1 aliphatic carbocycles. The average Bonchev–Trinajstić information content (AvgIpc) is 3.30. The van der Waals surface area contributed by atoms with Crippen molar-refractivity contribution in [3.63, 3.8) is 0 Å². The lowest BCUT2D eigenvalue weighted by atomic mass is 9.80. The van der Waals surface area contributed by atoms with Gasteiger partial charge in [0.2, 0.25) is 5.91 Å². The average molecular weight is 612 g/mol. The van der Waals surface area contributed by atoms with Gasteiger partial charge < -0.3 is 10.2 Å². The zero-order valence-electron chi connectivity index (χ0n) is 24.6. The maximum absolute atomic E-state index is 13.4. The second-order valence-electron chi connectivity index (χ2n) is 11.6. The zero-order valence-corrected chi connectivity index (χ0v) is 24.6. The molecule has 3 heterocycles. The molecule has 1 unspecified atom stereocenters. The predicted molar refractivity (Wildman–Crippen MR) is 160 cm³/mol. The Bertz CT molecular complexity index is 1560. The van der Waals surface area contributed by atoms with Crippen LogP contribution in [0.25, 0.3) is 0 Å². The maximum Gasteiger partial charge on any atom is 0.333 e. The van der Waals surface area contributed by atoms with Crippen molar-refractivity contribution in [2.75, 3.05) is 39.3 Å². The van der Waals surface area contributed by atoms with E-state index in [0.29, 0.717) is 43.9 Å². The number of allylic oxidation sites excluding steroid dienone is 1. The first kappa shape index (κ1) is 30.1. The first-order valence-corrected chi connectivity index (χ1v) is 15.1. The lowest BCUT2D eigenvalue weighted by molar-refractivity contribution is -0.148. The van der Waals surface area contributed by atoms with E-state index in [0.717, 1.165) is 10.5 Å². The standard InChI is InChI=1S/C33H33N5O7/c39-27-18-22(21-6-2-1-3-7-21)19-28(40)25(27)20-34-12-13-35-14-16-36(17-15-35)33(45)38-29(41)11-10-26(32(38)44)37-30(42)23-8-4-5-9-24(23)31(37)43/h1-9,20,22,26,34H,10-19H2. The zero-order chi connectivity index (χ0) is 31.7. The molecule has 0 aromatic heterocycles. The van der Waals surface area contributed by atoms with Crippen LogP contribution in [-0.2, 0) is 19.2 Å². The van der Waals surface area contributed by atoms with Gasteiger partial charge in [0, 0.05) is 64.7 Å². The fraction of sp³-hybridized carbons (Fsp3) is 0.364. The van der Waals surface area contributed by atoms with E-state index >= 15 is 0 Å². The number of carbonyl (C=O) groups is 7. The van der Waals surface area contributed by atoms with Crippen molar-refractivity contribution < 1.29 is 33.6 Å². The van der Waals surface area contributed by atoms with Gasteiger partial charge in [-0.2, -0.15) is 4.90 Å². The van der Waals surface area contributed by atoms with Gasteiger partial charge in [-0.3, -0.25) is 38.6 Å². The van der Waals surface area contributed by atoms with Crippen LogP contribution in [0.1, 0.15) is 57.9 Å². The van der Waals surface area contributed by atoms with E-state index in [2.05, 4.69) is 10.2 Å². The molecule has 232 valence electrons. The molecule has 12 heteroatoms. The van der Waals surface area contributed by atoms with Crippen LogP contribution >= 0.6 is 0 Å². The number of piperazine rings is 1. The molecule has 2 saturated heterocycles. The molecular weight excluding hydrogens is 578 g/mol. The first-order chi connectivity index (χ1) is 21.7. The van der Waals surface area contributed by atoms with Crippen LogP contribution in [0.15, 0.2) is 66.4 Å². The summed E-state index contributed by atoms with van der Waals surface area (Å²) in [6.45, 7) is 2.58. The van der Waals surface area contributed by atoms with Crippen LogP contribution in [0.2, 0.25) is 0 Å². The minimum atomic E-state index is -1.23. The quantitative estimate of drug-likeness (QED) is 0.223. The lowest BCUT2D eigenvalue weighted by Gasteiger charge is -2.39. The van der Waals surface area contributed by atoms with Gasteiger partial charge in [0.1, 0.15) is 6.04 Å². The number of urea groups is 1. The van der Waals surface area contributed by atoms with Gasteiger partial charge in [-0.25, -0.2) is 4.79 Å². The molecule has 45 heavy (non-hydrogen) atoms. The number of hydrogen-bond donors (Lipinski definition) is 1. The number of hydrogen-bond acceptors (Lipinski definition) is 9. The molecule has 0 spiro atoms. The SMILES string of the molecule is O=C1CC(c2ccccc2)CC(=O)C1=CNCCN1CCN(C(=O)N2C(=O)CCC(N3C(=O)c4ccccc4C3=O)C2=O)CC1. The number of nitrogens with one attached hydrogen (secondary N) is 1. The second kappa shape index (κ2) is 12.6. The highest BCUT2D eigenvalue weighted by atomic mass is 16.2. The van der Waals surface area contributed by atoms with Gasteiger partial charge in [-0.05, 0) is 30.0 Å². The summed E-state index contributed by atoms with van der Waals surface area (Å²) in [5.41, 5.74) is 1.56. The number of piperidine rings is 1. The molecule has 6 rings (SSSR count). The molecule has 2 aromatic rings. The van der Waals surface area contributed by atoms with E-state index < -0.39 is 35.7 Å². The molecule has 1 N–H and O–H groups in total. The number of likely N-dealkylation sites (tertiary alicyclic amines) is 1. The topological polar surface area (TPSA) is 144 Å². The Kier molecular flexibility index (Phi) is 8.40. The third-order valence-corrected chi connectivity index (χ3v) is 8.91. The largest absolute Gasteiger partial charge is 0.389 e. The van der Waals surface area contributed by atoms with Crippen molar-refractivity contribution >= 4 is 41.2 Å². The number of fused-ring (bicyclic) bond motifs is 1. The Hall–Kier alpha value is -4.97. The van der Waals surface area contributed by atoms with Crippen LogP contribution in [-0.4, -0.2) is 106 Å². The van der Waals surface area contributed by atoms with E-state index in [1.54, 1.807) is 12.1 Å². The third kappa shape index (κ3) is 5.80. The Morgan fingerprint density at radius 1 is 0.800 bits per heavy atom. The van der Waals surface area contributed by atoms with E-state index in [9.17, 15) is 33.6 Å². The van der Waals surface area contributed by atoms with Gasteiger partial charge in [-0.1, -0.05) is 42.5 Å². The van der Waals surface area contributed by atoms with Crippen LogP contribution in [0, 0.1) is 0 Å². The molecule has 4 aliphatic rings. The highest BCUT2D eigenvalue weighted by molar-refractivity contribution is 6.24. The molecule has 2 aromatic carbocycles. The lowest BCUT2D eigenvalue weighted by Crippen LogP contribution is -2.62. The van der Waals surface area contributed by atoms with Gasteiger partial charge in [0.05, 0.1) is 16.7 Å². The number of benzene rings is 2. The Labute approximate surface area is 259 Å². The third-order valence-electron chi connectivity index (χ3n) is 8.91. The number of carbonyl (C=O) groups excluding carboxylic acids is 7. The molecule has 3 fully saturated rings. The molecule has 0 radical (unpaired) electrons. The van der Waals surface area contributed by atoms with Crippen molar-refractivity contribution in [1.82, 2.24) is 24.9 Å². The van der Waals surface area contributed by atoms with E-state index in [-0.39, 0.29) is 60.1 Å². The van der Waals surface area contributed by atoms with Crippen molar-refractivity contribution in [1.29, 1.82) is 0 Å². The molecule has 1 atom stereocenters. The molecule has 12 nitrogen and oxygen atoms in total. The Balaban J connectivity index is 0.989. The summed E-state index contributed by atoms with van der Waals surface area (Å²) >= 11 is 0. The van der Waals surface area contributed by atoms with Gasteiger partial charge in [0.15, 0.2) is 11.6 Å². The normalized spacial score (nSPS) is 22.7. The molecule has 3 aliphatic heterocycles. The van der Waals surface area contributed by atoms with Crippen molar-refractivity contribution in [2.45, 2.75) is 37.6 Å². The van der Waals surface area contributed by atoms with Crippen molar-refractivity contribution in [3.05, 3.63) is 83.1 Å². The van der Waals surface area contributed by atoms with Crippen molar-refractivity contribution in [2.24, 2.45) is 0 Å². The summed E-state index contributed by atoms with van der Waals surface area (Å²) in [5.74, 6) is -3.19. The highest BCUT2D eigenvalue weighted by Crippen LogP contribution is 2.32. The molecule has 1 saturated carbocycles. The van der Waals surface area contributed by atoms with Gasteiger partial charge in [-0.15, -0.1) is 0 Å². The summed E-state index contributed by atoms with van der Waals surface area (Å²) in [4.78, 5) is 95.7. The maximum atomic E-state index is 13.4. The Morgan fingerprint density at radius 2 is 1.40 bits per heavy atom. The fourth-order valence-electron chi connectivity index (χ4n) is 6.42. The predicted octanol–water partition coefficient (Wildman–Crippen LogP) is 1.73. The first-order valence-electron chi connectivity index (χ1n) is 15.1. The molecular formula is C33H33N5O7.